The molecule has 1 aliphatic heterocycles. The van der Waals surface area contributed by atoms with Gasteiger partial charge in [-0.1, -0.05) is 6.92 Å². The van der Waals surface area contributed by atoms with Gasteiger partial charge in [0.15, 0.2) is 6.73 Å². The highest BCUT2D eigenvalue weighted by atomic mass is 35.5. The first-order valence-corrected chi connectivity index (χ1v) is 6.96. The Bertz CT molecular complexity index is 215. The van der Waals surface area contributed by atoms with Crippen LogP contribution in [0.15, 0.2) is 0 Å². The van der Waals surface area contributed by atoms with E-state index in [0.29, 0.717) is 0 Å². The van der Waals surface area contributed by atoms with Crippen molar-refractivity contribution in [3.63, 3.8) is 0 Å². The summed E-state index contributed by atoms with van der Waals surface area (Å²) in [6.45, 7) is 11.3. The van der Waals surface area contributed by atoms with Gasteiger partial charge >= 0.3 is 6.39 Å². The first-order chi connectivity index (χ1) is 8.21. The Morgan fingerprint density at radius 1 is 1.22 bits per heavy atom. The lowest BCUT2D eigenvalue weighted by Crippen LogP contribution is -2.52. The summed E-state index contributed by atoms with van der Waals surface area (Å²) < 4.78 is 37.4. The molecule has 1 heterocycles. The summed E-state index contributed by atoms with van der Waals surface area (Å²) in [5, 5.41) is 0. The number of halogens is 4. The third-order valence-electron chi connectivity index (χ3n) is 3.25. The van der Waals surface area contributed by atoms with Crippen LogP contribution in [0.5, 0.6) is 0 Å². The Balaban J connectivity index is 0.000000494. The molecule has 0 aliphatic carbocycles. The average Bonchev–Trinajstić information content (AvgIpc) is 2.65. The van der Waals surface area contributed by atoms with Crippen molar-refractivity contribution in [3.05, 3.63) is 0 Å². The summed E-state index contributed by atoms with van der Waals surface area (Å²) >= 11 is 3.59. The number of rotatable bonds is 5. The molecule has 2 nitrogen and oxygen atoms in total. The predicted octanol–water partition coefficient (Wildman–Crippen LogP) is 3.96. The number of nitrogens with zero attached hydrogens (tertiary/aromatic N) is 1. The maximum Gasteiger partial charge on any atom is 0.576 e. The van der Waals surface area contributed by atoms with E-state index in [1.807, 2.05) is 0 Å². The number of hydrogen-bond acceptors (Lipinski definition) is 1. The second kappa shape index (κ2) is 8.28. The van der Waals surface area contributed by atoms with Crippen molar-refractivity contribution < 1.29 is 22.2 Å². The van der Waals surface area contributed by atoms with Crippen molar-refractivity contribution in [2.45, 2.75) is 46.1 Å². The molecular weight excluding hydrogens is 265 g/mol. The molecule has 7 heteroatoms. The summed E-state index contributed by atoms with van der Waals surface area (Å²) in [6.07, 6.45) is -1.13. The van der Waals surface area contributed by atoms with Crippen LogP contribution in [0.1, 0.15) is 40.0 Å². The van der Waals surface area contributed by atoms with E-state index >= 15 is 0 Å². The average molecular weight is 290 g/mol. The van der Waals surface area contributed by atoms with Gasteiger partial charge in [0.25, 0.3) is 0 Å². The number of likely N-dealkylation sites (tertiary alicyclic amines) is 1. The summed E-state index contributed by atoms with van der Waals surface area (Å²) in [7, 11) is 0. The molecule has 110 valence electrons. The van der Waals surface area contributed by atoms with Gasteiger partial charge in [0.05, 0.1) is 25.7 Å². The molecule has 0 atom stereocenters. The van der Waals surface area contributed by atoms with Crippen LogP contribution in [0.3, 0.4) is 0 Å². The van der Waals surface area contributed by atoms with Gasteiger partial charge in [-0.25, -0.2) is 0 Å². The summed E-state index contributed by atoms with van der Waals surface area (Å²) in [6, 6.07) is 0.722. The topological polar surface area (TPSA) is 9.23 Å². The van der Waals surface area contributed by atoms with Crippen LogP contribution >= 0.6 is 11.5 Å². The van der Waals surface area contributed by atoms with E-state index in [4.69, 9.17) is 4.74 Å². The Labute approximate surface area is 113 Å². The Morgan fingerprint density at radius 3 is 2.00 bits per heavy atom. The van der Waals surface area contributed by atoms with Crippen molar-refractivity contribution in [3.8, 4) is 0 Å². The molecule has 1 rings (SSSR count). The van der Waals surface area contributed by atoms with Crippen LogP contribution in [-0.4, -0.2) is 43.3 Å². The zero-order valence-electron chi connectivity index (χ0n) is 11.5. The van der Waals surface area contributed by atoms with Gasteiger partial charge in [-0.15, -0.1) is 0 Å². The molecular formula is C11H24BClF3NO. The molecule has 1 saturated heterocycles. The highest BCUT2D eigenvalue weighted by Crippen LogP contribution is 2.23. The quantitative estimate of drug-likeness (QED) is 0.423. The zero-order chi connectivity index (χ0) is 14.2. The van der Waals surface area contributed by atoms with E-state index in [2.05, 4.69) is 32.2 Å². The molecule has 0 amide bonds. The highest BCUT2D eigenvalue weighted by Gasteiger charge is 2.34. The second-order valence-corrected chi connectivity index (χ2v) is 5.49. The largest absolute Gasteiger partial charge is 0.576 e. The fourth-order valence-corrected chi connectivity index (χ4v) is 2.15. The highest BCUT2D eigenvalue weighted by molar-refractivity contribution is 7.08. The first kappa shape index (κ1) is 18.1. The minimum absolute atomic E-state index is 0.722. The van der Waals surface area contributed by atoms with Crippen molar-refractivity contribution in [2.75, 3.05) is 26.4 Å². The lowest BCUT2D eigenvalue weighted by molar-refractivity contribution is -0.954. The molecule has 18 heavy (non-hydrogen) atoms. The van der Waals surface area contributed by atoms with Crippen molar-refractivity contribution >= 4 is 17.9 Å². The number of quaternary nitrogens is 1. The molecule has 0 aromatic rings. The Kier molecular flexibility index (Phi) is 8.31. The van der Waals surface area contributed by atoms with Crippen LogP contribution in [-0.2, 0) is 4.74 Å². The fraction of sp³-hybridized carbons (Fsp3) is 1.00. The van der Waals surface area contributed by atoms with E-state index in [9.17, 15) is 12.9 Å². The lowest BCUT2D eigenvalue weighted by Gasteiger charge is -2.37. The van der Waals surface area contributed by atoms with Gasteiger partial charge in [0.1, 0.15) is 0 Å². The fourth-order valence-electron chi connectivity index (χ4n) is 2.15. The van der Waals surface area contributed by atoms with Gasteiger partial charge in [-0.3, -0.25) is 15.9 Å². The third-order valence-corrected chi connectivity index (χ3v) is 3.25. The maximum absolute atomic E-state index is 10.2. The van der Waals surface area contributed by atoms with Crippen molar-refractivity contribution in [1.82, 2.24) is 0 Å². The molecule has 0 aromatic heterocycles. The SMILES string of the molecule is CCCOC[N+]1(C(C)C)CCCC1.F[B-](F)(F)Cl. The first-order valence-electron chi connectivity index (χ1n) is 6.52. The second-order valence-electron chi connectivity index (χ2n) is 5.00. The third kappa shape index (κ3) is 8.22. The maximum atomic E-state index is 10.2. The van der Waals surface area contributed by atoms with E-state index in [1.54, 1.807) is 0 Å². The van der Waals surface area contributed by atoms with Crippen LogP contribution in [0, 0.1) is 0 Å². The number of hydrogen-bond donors (Lipinski definition) is 0. The van der Waals surface area contributed by atoms with Crippen molar-refractivity contribution in [1.29, 1.82) is 0 Å². The summed E-state index contributed by atoms with van der Waals surface area (Å²) in [5.74, 6) is 0. The summed E-state index contributed by atoms with van der Waals surface area (Å²) in [4.78, 5) is 0. The predicted molar refractivity (Wildman–Crippen MR) is 70.4 cm³/mol. The minimum atomic E-state index is -5.03. The zero-order valence-corrected chi connectivity index (χ0v) is 12.2. The van der Waals surface area contributed by atoms with Gasteiger partial charge in [-0.05, 0) is 20.3 Å². The van der Waals surface area contributed by atoms with E-state index < -0.39 is 6.39 Å². The van der Waals surface area contributed by atoms with Gasteiger partial charge in [0, 0.05) is 12.8 Å². The van der Waals surface area contributed by atoms with Crippen LogP contribution in [0.4, 0.5) is 12.9 Å². The van der Waals surface area contributed by atoms with Gasteiger partial charge in [0.2, 0.25) is 0 Å². The van der Waals surface area contributed by atoms with Crippen LogP contribution in [0.25, 0.3) is 0 Å². The monoisotopic (exact) mass is 289 g/mol. The molecule has 1 fully saturated rings. The molecule has 0 saturated carbocycles. The van der Waals surface area contributed by atoms with E-state index in [0.717, 1.165) is 25.8 Å². The van der Waals surface area contributed by atoms with Gasteiger partial charge in [-0.2, -0.15) is 0 Å². The minimum Gasteiger partial charge on any atom is -0.435 e. The summed E-state index contributed by atoms with van der Waals surface area (Å²) in [5.41, 5.74) is 0. The van der Waals surface area contributed by atoms with E-state index in [1.165, 1.54) is 30.4 Å². The molecule has 0 spiro atoms. The molecule has 0 radical (unpaired) electrons. The lowest BCUT2D eigenvalue weighted by atomic mass is 10.3. The normalized spacial score (nSPS) is 18.7. The Hall–Kier alpha value is 0.0649. The van der Waals surface area contributed by atoms with Crippen LogP contribution < -0.4 is 0 Å². The number of ether oxygens (including phenoxy) is 1. The molecule has 0 bridgehead atoms. The molecule has 0 unspecified atom stereocenters. The molecule has 0 N–H and O–H groups in total. The standard InChI is InChI=1S/C11H24NO.BClF3/c1-4-9-13-10-12(11(2)3)7-5-6-8-12;2-1(3,4)5/h11H,4-10H2,1-3H3;/q+1;-1. The van der Waals surface area contributed by atoms with E-state index in [-0.39, 0.29) is 0 Å². The van der Waals surface area contributed by atoms with Gasteiger partial charge < -0.3 is 17.7 Å². The smallest absolute Gasteiger partial charge is 0.435 e. The van der Waals surface area contributed by atoms with Crippen LogP contribution in [0.2, 0.25) is 0 Å². The van der Waals surface area contributed by atoms with Crippen molar-refractivity contribution in [2.24, 2.45) is 0 Å². The molecule has 0 aromatic carbocycles. The Morgan fingerprint density at radius 2 is 1.67 bits per heavy atom. The molecule has 1 aliphatic rings.